The van der Waals surface area contributed by atoms with Crippen LogP contribution in [0.4, 0.5) is 0 Å². The van der Waals surface area contributed by atoms with E-state index in [2.05, 4.69) is 97.1 Å². The summed E-state index contributed by atoms with van der Waals surface area (Å²) in [6.07, 6.45) is 0. The molecule has 0 saturated heterocycles. The van der Waals surface area contributed by atoms with Gasteiger partial charge in [0.2, 0.25) is 0 Å². The summed E-state index contributed by atoms with van der Waals surface area (Å²) in [6, 6.07) is 60.8. The molecule has 0 bridgehead atoms. The van der Waals surface area contributed by atoms with Crippen LogP contribution in [0.2, 0.25) is 0 Å². The Morgan fingerprint density at radius 3 is 1.68 bits per heavy atom. The van der Waals surface area contributed by atoms with Crippen LogP contribution < -0.4 is 0 Å². The van der Waals surface area contributed by atoms with Gasteiger partial charge in [-0.05, 0) is 41.5 Å². The van der Waals surface area contributed by atoms with Crippen molar-refractivity contribution in [3.63, 3.8) is 0 Å². The predicted molar refractivity (Wildman–Crippen MR) is 234 cm³/mol. The normalized spacial score (nSPS) is 11.9. The Bertz CT molecular complexity index is 3470. The lowest BCUT2D eigenvalue weighted by Crippen LogP contribution is -2.00. The number of hydrogen-bond acceptors (Lipinski definition) is 6. The van der Waals surface area contributed by atoms with E-state index < -0.39 is 0 Å². The lowest BCUT2D eigenvalue weighted by Gasteiger charge is -2.10. The summed E-state index contributed by atoms with van der Waals surface area (Å²) in [7, 11) is 0. The summed E-state index contributed by atoms with van der Waals surface area (Å²) >= 11 is 1.79. The second kappa shape index (κ2) is 12.6. The molecule has 57 heavy (non-hydrogen) atoms. The lowest BCUT2D eigenvalue weighted by molar-refractivity contribution is 0.665. The van der Waals surface area contributed by atoms with Crippen LogP contribution in [0.3, 0.4) is 0 Å². The molecule has 0 aliphatic heterocycles. The Kier molecular flexibility index (Phi) is 7.03. The van der Waals surface area contributed by atoms with Crippen LogP contribution in [0, 0.1) is 0 Å². The maximum atomic E-state index is 6.75. The van der Waals surface area contributed by atoms with Gasteiger partial charge in [0.25, 0.3) is 0 Å². The minimum atomic E-state index is 0.648. The number of benzene rings is 8. The van der Waals surface area contributed by atoms with Gasteiger partial charge < -0.3 is 8.83 Å². The molecule has 5 nitrogen and oxygen atoms in total. The van der Waals surface area contributed by atoms with Crippen molar-refractivity contribution in [3.8, 4) is 56.4 Å². The van der Waals surface area contributed by atoms with Gasteiger partial charge in [-0.2, -0.15) is 0 Å². The highest BCUT2D eigenvalue weighted by Crippen LogP contribution is 2.46. The zero-order valence-electron chi connectivity index (χ0n) is 30.3. The maximum absolute atomic E-state index is 6.75. The summed E-state index contributed by atoms with van der Waals surface area (Å²) in [6.45, 7) is 0. The third kappa shape index (κ3) is 5.04. The average Bonchev–Trinajstić information content (AvgIpc) is 3.98. The molecule has 0 atom stereocenters. The Morgan fingerprint density at radius 1 is 0.333 bits per heavy atom. The average molecular weight is 748 g/mol. The molecule has 0 aliphatic rings. The molecule has 4 heterocycles. The molecule has 0 unspecified atom stereocenters. The first kappa shape index (κ1) is 31.9. The van der Waals surface area contributed by atoms with Crippen molar-refractivity contribution in [1.82, 2.24) is 15.0 Å². The number of thiophene rings is 1. The van der Waals surface area contributed by atoms with Gasteiger partial charge in [0.1, 0.15) is 22.3 Å². The van der Waals surface area contributed by atoms with E-state index in [4.69, 9.17) is 23.8 Å². The van der Waals surface area contributed by atoms with E-state index in [1.165, 1.54) is 14.8 Å². The van der Waals surface area contributed by atoms with Gasteiger partial charge in [0.05, 0.1) is 0 Å². The van der Waals surface area contributed by atoms with Gasteiger partial charge in [-0.3, -0.25) is 0 Å². The smallest absolute Gasteiger partial charge is 0.164 e. The molecule has 0 saturated carbocycles. The zero-order valence-corrected chi connectivity index (χ0v) is 31.1. The molecule has 266 valence electrons. The number of rotatable bonds is 5. The first-order chi connectivity index (χ1) is 28.2. The van der Waals surface area contributed by atoms with E-state index in [1.807, 2.05) is 78.9 Å². The molecule has 0 amide bonds. The molecule has 0 aliphatic carbocycles. The van der Waals surface area contributed by atoms with Crippen molar-refractivity contribution < 1.29 is 8.83 Å². The summed E-state index contributed by atoms with van der Waals surface area (Å²) in [5.74, 6) is 1.95. The zero-order chi connectivity index (χ0) is 37.5. The highest BCUT2D eigenvalue weighted by molar-refractivity contribution is 7.26. The first-order valence-corrected chi connectivity index (χ1v) is 19.7. The molecule has 0 N–H and O–H groups in total. The van der Waals surface area contributed by atoms with E-state index in [0.29, 0.717) is 17.5 Å². The number of nitrogens with zero attached hydrogens (tertiary/aromatic N) is 3. The summed E-state index contributed by atoms with van der Waals surface area (Å²) in [5, 5.41) is 6.67. The van der Waals surface area contributed by atoms with Crippen LogP contribution in [0.5, 0.6) is 0 Å². The van der Waals surface area contributed by atoms with E-state index in [-0.39, 0.29) is 0 Å². The van der Waals surface area contributed by atoms with Crippen LogP contribution >= 0.6 is 11.3 Å². The van der Waals surface area contributed by atoms with Crippen molar-refractivity contribution in [3.05, 3.63) is 176 Å². The molecule has 0 radical (unpaired) electrons. The molecule has 6 heteroatoms. The Morgan fingerprint density at radius 2 is 0.912 bits per heavy atom. The lowest BCUT2D eigenvalue weighted by atomic mass is 9.93. The van der Waals surface area contributed by atoms with E-state index in [9.17, 15) is 0 Å². The van der Waals surface area contributed by atoms with Gasteiger partial charge in [-0.15, -0.1) is 11.3 Å². The van der Waals surface area contributed by atoms with Crippen molar-refractivity contribution in [2.24, 2.45) is 0 Å². The van der Waals surface area contributed by atoms with Crippen LogP contribution in [-0.4, -0.2) is 15.0 Å². The van der Waals surface area contributed by atoms with Crippen LogP contribution in [0.15, 0.2) is 185 Å². The number of hydrogen-bond donors (Lipinski definition) is 0. The fraction of sp³-hybridized carbons (Fsp3) is 0. The van der Waals surface area contributed by atoms with Gasteiger partial charge in [0.15, 0.2) is 17.5 Å². The van der Waals surface area contributed by atoms with Gasteiger partial charge in [0, 0.05) is 69.5 Å². The minimum absolute atomic E-state index is 0.648. The molecule has 12 rings (SSSR count). The van der Waals surface area contributed by atoms with Crippen LogP contribution in [-0.2, 0) is 0 Å². The van der Waals surface area contributed by atoms with Crippen LogP contribution in [0.25, 0.3) is 120 Å². The Hall–Kier alpha value is -7.41. The van der Waals surface area contributed by atoms with Gasteiger partial charge in [-0.25, -0.2) is 15.0 Å². The minimum Gasteiger partial charge on any atom is -0.455 e. The SMILES string of the molecule is c1ccc(-c2nc(-c3ccccc3)nc(-c3cccc4sc5cc(-c6ccc(-c7cccc8c7oc7ccccc78)c7oc8ccccc8c67)ccc5c34)n2)cc1. The quantitative estimate of drug-likeness (QED) is 0.175. The van der Waals surface area contributed by atoms with Gasteiger partial charge in [-0.1, -0.05) is 146 Å². The maximum Gasteiger partial charge on any atom is 0.164 e. The molecule has 0 fully saturated rings. The van der Waals surface area contributed by atoms with Crippen molar-refractivity contribution in [1.29, 1.82) is 0 Å². The monoisotopic (exact) mass is 747 g/mol. The van der Waals surface area contributed by atoms with Crippen molar-refractivity contribution in [2.45, 2.75) is 0 Å². The molecule has 4 aromatic heterocycles. The number of furan rings is 2. The summed E-state index contributed by atoms with van der Waals surface area (Å²) < 4.78 is 15.6. The Labute approximate surface area is 330 Å². The Balaban J connectivity index is 1.04. The third-order valence-electron chi connectivity index (χ3n) is 11.0. The highest BCUT2D eigenvalue weighted by atomic mass is 32.1. The molecule has 0 spiro atoms. The molecular formula is C51H29N3O2S. The third-order valence-corrected chi connectivity index (χ3v) is 12.1. The summed E-state index contributed by atoms with van der Waals surface area (Å²) in [4.78, 5) is 15.1. The standard InChI is InChI=1S/C51H29N3O2S/c1-3-13-30(14-4-1)49-52-50(31-15-5-2-6-16-31)54-51(53-49)40-21-12-24-43-45(40)39-26-25-32(29-44(39)57-43)33-27-28-37(48-46(33)38-18-8-10-23-42(38)56-48)36-20-11-19-35-34-17-7-9-22-41(34)55-47(35)36/h1-29H. The topological polar surface area (TPSA) is 65.0 Å². The van der Waals surface area contributed by atoms with E-state index in [0.717, 1.165) is 88.2 Å². The van der Waals surface area contributed by atoms with E-state index in [1.54, 1.807) is 11.3 Å². The second-order valence-corrected chi connectivity index (χ2v) is 15.4. The fourth-order valence-electron chi connectivity index (χ4n) is 8.35. The van der Waals surface area contributed by atoms with Gasteiger partial charge >= 0.3 is 0 Å². The molecular weight excluding hydrogens is 719 g/mol. The van der Waals surface area contributed by atoms with E-state index >= 15 is 0 Å². The first-order valence-electron chi connectivity index (χ1n) is 18.9. The second-order valence-electron chi connectivity index (χ2n) is 14.3. The van der Waals surface area contributed by atoms with Crippen molar-refractivity contribution >= 4 is 75.4 Å². The number of fused-ring (bicyclic) bond motifs is 9. The molecule has 12 aromatic rings. The largest absolute Gasteiger partial charge is 0.455 e. The van der Waals surface area contributed by atoms with Crippen molar-refractivity contribution in [2.75, 3.05) is 0 Å². The fourth-order valence-corrected chi connectivity index (χ4v) is 9.52. The highest BCUT2D eigenvalue weighted by Gasteiger charge is 2.22. The summed E-state index contributed by atoms with van der Waals surface area (Å²) in [5.41, 5.74) is 10.6. The number of para-hydroxylation sites is 3. The molecule has 8 aromatic carbocycles. The van der Waals surface area contributed by atoms with Crippen LogP contribution in [0.1, 0.15) is 0 Å². The number of aromatic nitrogens is 3. The predicted octanol–water partition coefficient (Wildman–Crippen LogP) is 14.4.